The molecule has 1 N–H and O–H groups in total. The first-order chi connectivity index (χ1) is 7.88. The lowest BCUT2D eigenvalue weighted by Gasteiger charge is -2.18. The molecule has 17 heavy (non-hydrogen) atoms. The summed E-state index contributed by atoms with van der Waals surface area (Å²) in [6, 6.07) is 4.85. The smallest absolute Gasteiger partial charge is 0.319 e. The largest absolute Gasteiger partial charge is 0.494 e. The van der Waals surface area contributed by atoms with Gasteiger partial charge in [-0.3, -0.25) is 4.79 Å². The summed E-state index contributed by atoms with van der Waals surface area (Å²) in [5.74, 6) is -0.867. The monoisotopic (exact) mass is 258 g/mol. The molecule has 0 fully saturated rings. The van der Waals surface area contributed by atoms with Gasteiger partial charge in [0.15, 0.2) is 11.6 Å². The summed E-state index contributed by atoms with van der Waals surface area (Å²) >= 11 is 1.18. The fraction of sp³-hybridized carbons (Fsp3) is 0.417. The van der Waals surface area contributed by atoms with Crippen molar-refractivity contribution >= 4 is 17.7 Å². The van der Waals surface area contributed by atoms with Gasteiger partial charge in [-0.25, -0.2) is 4.39 Å². The molecule has 0 aliphatic heterocycles. The molecule has 1 aromatic carbocycles. The molecule has 0 unspecified atom stereocenters. The average molecular weight is 258 g/mol. The summed E-state index contributed by atoms with van der Waals surface area (Å²) in [6.45, 7) is 3.19. The highest BCUT2D eigenvalue weighted by Crippen LogP contribution is 2.31. The van der Waals surface area contributed by atoms with Crippen molar-refractivity contribution in [3.63, 3.8) is 0 Å². The third-order valence-electron chi connectivity index (χ3n) is 2.37. The van der Waals surface area contributed by atoms with Gasteiger partial charge < -0.3 is 9.84 Å². The van der Waals surface area contributed by atoms with Gasteiger partial charge in [-0.1, -0.05) is 12.1 Å². The number of aliphatic carboxylic acids is 1. The first-order valence-electron chi connectivity index (χ1n) is 5.07. The molecular weight excluding hydrogens is 243 g/mol. The zero-order valence-electron chi connectivity index (χ0n) is 9.99. The Balaban J connectivity index is 2.80. The number of halogens is 1. The van der Waals surface area contributed by atoms with Crippen molar-refractivity contribution in [1.82, 2.24) is 0 Å². The zero-order chi connectivity index (χ0) is 13.1. The van der Waals surface area contributed by atoms with Crippen LogP contribution in [0.4, 0.5) is 4.39 Å². The number of thioether (sulfide) groups is 1. The van der Waals surface area contributed by atoms with Crippen LogP contribution >= 0.6 is 11.8 Å². The highest BCUT2D eigenvalue weighted by Gasteiger charge is 2.28. The van der Waals surface area contributed by atoms with Gasteiger partial charge in [0, 0.05) is 11.3 Å². The van der Waals surface area contributed by atoms with Crippen LogP contribution in [0.2, 0.25) is 0 Å². The van der Waals surface area contributed by atoms with E-state index < -0.39 is 16.5 Å². The van der Waals surface area contributed by atoms with E-state index in [2.05, 4.69) is 0 Å². The molecule has 0 spiro atoms. The Labute approximate surface area is 104 Å². The number of hydrogen-bond donors (Lipinski definition) is 1. The number of rotatable bonds is 5. The quantitative estimate of drug-likeness (QED) is 0.882. The molecule has 5 heteroatoms. The first kappa shape index (κ1) is 13.8. The highest BCUT2D eigenvalue weighted by molar-refractivity contribution is 8.00. The predicted octanol–water partition coefficient (Wildman–Crippen LogP) is 2.93. The molecule has 0 aliphatic carbocycles. The minimum atomic E-state index is -0.935. The van der Waals surface area contributed by atoms with Crippen molar-refractivity contribution in [2.24, 2.45) is 0 Å². The summed E-state index contributed by atoms with van der Waals surface area (Å²) in [7, 11) is 1.40. The fourth-order valence-electron chi connectivity index (χ4n) is 1.15. The lowest BCUT2D eigenvalue weighted by Crippen LogP contribution is -2.27. The van der Waals surface area contributed by atoms with E-state index in [1.54, 1.807) is 26.0 Å². The number of methoxy groups -OCH3 is 1. The molecule has 0 saturated carbocycles. The number of hydrogen-bond acceptors (Lipinski definition) is 3. The second kappa shape index (κ2) is 5.40. The molecule has 0 atom stereocenters. The minimum Gasteiger partial charge on any atom is -0.494 e. The Morgan fingerprint density at radius 1 is 1.53 bits per heavy atom. The van der Waals surface area contributed by atoms with Gasteiger partial charge in [0.25, 0.3) is 0 Å². The second-order valence-electron chi connectivity index (χ2n) is 4.04. The summed E-state index contributed by atoms with van der Waals surface area (Å²) < 4.78 is 17.7. The Hall–Kier alpha value is -1.23. The van der Waals surface area contributed by atoms with Crippen LogP contribution in [0, 0.1) is 5.82 Å². The number of carboxylic acids is 1. The van der Waals surface area contributed by atoms with Gasteiger partial charge in [0.1, 0.15) is 4.75 Å². The molecule has 0 radical (unpaired) electrons. The Morgan fingerprint density at radius 2 is 2.18 bits per heavy atom. The van der Waals surface area contributed by atoms with Crippen LogP contribution in [-0.4, -0.2) is 22.9 Å². The maximum absolute atomic E-state index is 13.8. The summed E-state index contributed by atoms with van der Waals surface area (Å²) in [5, 5.41) is 8.95. The van der Waals surface area contributed by atoms with Crippen molar-refractivity contribution in [2.45, 2.75) is 24.3 Å². The lowest BCUT2D eigenvalue weighted by molar-refractivity contribution is -0.138. The molecule has 0 aromatic heterocycles. The molecule has 94 valence electrons. The average Bonchev–Trinajstić information content (AvgIpc) is 2.27. The van der Waals surface area contributed by atoms with Crippen molar-refractivity contribution in [2.75, 3.05) is 7.11 Å². The van der Waals surface area contributed by atoms with Gasteiger partial charge in [-0.05, 0) is 19.9 Å². The standard InChI is InChI=1S/C12H15FO3S/c1-12(2,11(14)15)17-7-8-5-4-6-9(16-3)10(8)13/h4-6H,7H2,1-3H3,(H,14,15). The molecular formula is C12H15FO3S. The van der Waals surface area contributed by atoms with E-state index >= 15 is 0 Å². The number of benzene rings is 1. The summed E-state index contributed by atoms with van der Waals surface area (Å²) in [6.07, 6.45) is 0. The van der Waals surface area contributed by atoms with E-state index in [9.17, 15) is 9.18 Å². The maximum Gasteiger partial charge on any atom is 0.319 e. The van der Waals surface area contributed by atoms with Crippen LogP contribution in [0.5, 0.6) is 5.75 Å². The van der Waals surface area contributed by atoms with E-state index in [0.717, 1.165) is 0 Å². The van der Waals surface area contributed by atoms with E-state index in [0.29, 0.717) is 11.3 Å². The van der Waals surface area contributed by atoms with Crippen molar-refractivity contribution in [3.8, 4) is 5.75 Å². The predicted molar refractivity (Wildman–Crippen MR) is 66.0 cm³/mol. The van der Waals surface area contributed by atoms with Gasteiger partial charge >= 0.3 is 5.97 Å². The number of carbonyl (C=O) groups is 1. The molecule has 0 saturated heterocycles. The highest BCUT2D eigenvalue weighted by atomic mass is 32.2. The lowest BCUT2D eigenvalue weighted by atomic mass is 10.2. The summed E-state index contributed by atoms with van der Waals surface area (Å²) in [4.78, 5) is 10.9. The molecule has 0 bridgehead atoms. The van der Waals surface area contributed by atoms with Crippen LogP contribution < -0.4 is 4.74 Å². The second-order valence-corrected chi connectivity index (χ2v) is 5.64. The number of ether oxygens (including phenoxy) is 1. The van der Waals surface area contributed by atoms with Crippen LogP contribution in [0.1, 0.15) is 19.4 Å². The van der Waals surface area contributed by atoms with Gasteiger partial charge in [0.05, 0.1) is 7.11 Å². The van der Waals surface area contributed by atoms with Crippen molar-refractivity contribution < 1.29 is 19.0 Å². The molecule has 3 nitrogen and oxygen atoms in total. The van der Waals surface area contributed by atoms with E-state index in [1.165, 1.54) is 24.9 Å². The maximum atomic E-state index is 13.8. The minimum absolute atomic E-state index is 0.177. The normalized spacial score (nSPS) is 11.3. The number of carboxylic acid groups (broad SMARTS) is 1. The Bertz CT molecular complexity index is 418. The van der Waals surface area contributed by atoms with Crippen LogP contribution in [0.15, 0.2) is 18.2 Å². The van der Waals surface area contributed by atoms with Gasteiger partial charge in [-0.2, -0.15) is 0 Å². The van der Waals surface area contributed by atoms with Crippen LogP contribution in [-0.2, 0) is 10.5 Å². The Kier molecular flexibility index (Phi) is 4.40. The molecule has 0 aliphatic rings. The molecule has 0 heterocycles. The Morgan fingerprint density at radius 3 is 2.71 bits per heavy atom. The molecule has 0 amide bonds. The third kappa shape index (κ3) is 3.36. The third-order valence-corrected chi connectivity index (χ3v) is 3.72. The van der Waals surface area contributed by atoms with Crippen molar-refractivity contribution in [3.05, 3.63) is 29.6 Å². The van der Waals surface area contributed by atoms with E-state index in [-0.39, 0.29) is 5.75 Å². The molecule has 1 rings (SSSR count). The summed E-state index contributed by atoms with van der Waals surface area (Å²) in [5.41, 5.74) is 0.448. The van der Waals surface area contributed by atoms with Crippen LogP contribution in [0.25, 0.3) is 0 Å². The van der Waals surface area contributed by atoms with E-state index in [1.807, 2.05) is 0 Å². The van der Waals surface area contributed by atoms with Crippen molar-refractivity contribution in [1.29, 1.82) is 0 Å². The first-order valence-corrected chi connectivity index (χ1v) is 6.06. The van der Waals surface area contributed by atoms with Gasteiger partial charge in [-0.15, -0.1) is 11.8 Å². The SMILES string of the molecule is COc1cccc(CSC(C)(C)C(=O)O)c1F. The topological polar surface area (TPSA) is 46.5 Å². The van der Waals surface area contributed by atoms with Crippen LogP contribution in [0.3, 0.4) is 0 Å². The molecule has 1 aromatic rings. The fourth-order valence-corrected chi connectivity index (χ4v) is 2.01. The van der Waals surface area contributed by atoms with E-state index in [4.69, 9.17) is 9.84 Å². The van der Waals surface area contributed by atoms with Gasteiger partial charge in [0.2, 0.25) is 0 Å². The zero-order valence-corrected chi connectivity index (χ0v) is 10.8.